The average molecular weight is 601 g/mol. The highest BCUT2D eigenvalue weighted by Gasteiger charge is 2.34. The summed E-state index contributed by atoms with van der Waals surface area (Å²) in [6.45, 7) is 9.12. The Morgan fingerprint density at radius 3 is 2.30 bits per heavy atom. The van der Waals surface area contributed by atoms with Gasteiger partial charge in [0.15, 0.2) is 0 Å². The lowest BCUT2D eigenvalue weighted by atomic mass is 9.77. The maximum atomic E-state index is 14.2. The summed E-state index contributed by atoms with van der Waals surface area (Å²) < 4.78 is 7.43. The molecule has 0 aliphatic heterocycles. The largest absolute Gasteiger partial charge is 0.496 e. The Morgan fingerprint density at radius 1 is 0.977 bits per heavy atom. The first-order valence-corrected chi connectivity index (χ1v) is 16.2. The fourth-order valence-corrected chi connectivity index (χ4v) is 7.05. The zero-order valence-electron chi connectivity index (χ0n) is 27.0. The van der Waals surface area contributed by atoms with Crippen molar-refractivity contribution in [3.05, 3.63) is 60.0 Å². The van der Waals surface area contributed by atoms with Gasteiger partial charge >= 0.3 is 5.97 Å². The smallest absolute Gasteiger partial charge is 0.303 e. The monoisotopic (exact) mass is 600 g/mol. The van der Waals surface area contributed by atoms with E-state index in [1.54, 1.807) is 13.3 Å². The normalized spacial score (nSPS) is 22.4. The number of pyridine rings is 1. The number of amides is 1. The molecule has 8 heteroatoms. The summed E-state index contributed by atoms with van der Waals surface area (Å²) in [7, 11) is 1.71. The van der Waals surface area contributed by atoms with Crippen LogP contribution in [0.3, 0.4) is 0 Å². The summed E-state index contributed by atoms with van der Waals surface area (Å²) in [5.74, 6) is 1.96. The molecule has 44 heavy (non-hydrogen) atoms. The Balaban J connectivity index is 1.34. The fraction of sp³-hybridized carbons (Fsp3) is 0.556. The van der Waals surface area contributed by atoms with Crippen LogP contribution in [0, 0.1) is 24.7 Å². The molecule has 2 fully saturated rings. The molecule has 0 bridgehead atoms. The van der Waals surface area contributed by atoms with Crippen LogP contribution in [0.4, 0.5) is 5.82 Å². The number of ether oxygens (including phenoxy) is 1. The number of aryl methyl sites for hydroxylation is 1. The number of benzene rings is 1. The number of nitrogens with zero attached hydrogens (tertiary/aromatic N) is 4. The van der Waals surface area contributed by atoms with Crippen molar-refractivity contribution in [1.82, 2.24) is 14.8 Å². The summed E-state index contributed by atoms with van der Waals surface area (Å²) in [6.07, 6.45) is 13.2. The van der Waals surface area contributed by atoms with E-state index in [1.807, 2.05) is 27.9 Å². The van der Waals surface area contributed by atoms with Gasteiger partial charge in [-0.3, -0.25) is 19.2 Å². The Hall–Kier alpha value is -3.68. The molecule has 1 N–H and O–H groups in total. The van der Waals surface area contributed by atoms with Crippen molar-refractivity contribution < 1.29 is 19.4 Å². The lowest BCUT2D eigenvalue weighted by Gasteiger charge is -2.35. The molecule has 2 heterocycles. The first-order chi connectivity index (χ1) is 21.0. The van der Waals surface area contributed by atoms with Crippen LogP contribution in [0.15, 0.2) is 48.9 Å². The quantitative estimate of drug-likeness (QED) is 0.272. The summed E-state index contributed by atoms with van der Waals surface area (Å²) in [4.78, 5) is 32.2. The minimum atomic E-state index is -0.752. The fourth-order valence-electron chi connectivity index (χ4n) is 7.05. The second kappa shape index (κ2) is 13.5. The van der Waals surface area contributed by atoms with Gasteiger partial charge in [-0.25, -0.2) is 4.98 Å². The molecule has 0 saturated heterocycles. The molecule has 2 saturated carbocycles. The van der Waals surface area contributed by atoms with Crippen LogP contribution in [0.2, 0.25) is 0 Å². The highest BCUT2D eigenvalue weighted by molar-refractivity contribution is 5.94. The number of aliphatic carboxylic acids is 1. The summed E-state index contributed by atoms with van der Waals surface area (Å²) in [5, 5.41) is 13.8. The Kier molecular flexibility index (Phi) is 9.76. The summed E-state index contributed by atoms with van der Waals surface area (Å²) in [6, 6.07) is 10.5. The summed E-state index contributed by atoms with van der Waals surface area (Å²) in [5.41, 5.74) is 4.41. The van der Waals surface area contributed by atoms with E-state index in [0.717, 1.165) is 68.2 Å². The van der Waals surface area contributed by atoms with Crippen molar-refractivity contribution in [2.45, 2.75) is 96.9 Å². The van der Waals surface area contributed by atoms with E-state index in [9.17, 15) is 14.7 Å². The second-order valence-corrected chi connectivity index (χ2v) is 14.0. The van der Waals surface area contributed by atoms with Crippen LogP contribution in [0.5, 0.6) is 5.75 Å². The molecule has 0 radical (unpaired) electrons. The van der Waals surface area contributed by atoms with Crippen molar-refractivity contribution in [1.29, 1.82) is 0 Å². The summed E-state index contributed by atoms with van der Waals surface area (Å²) >= 11 is 0. The van der Waals surface area contributed by atoms with E-state index in [4.69, 9.17) is 9.72 Å². The van der Waals surface area contributed by atoms with Crippen LogP contribution in [-0.2, 0) is 15.1 Å². The van der Waals surface area contributed by atoms with Crippen molar-refractivity contribution in [3.63, 3.8) is 0 Å². The Bertz CT molecular complexity index is 1440. The maximum absolute atomic E-state index is 14.2. The maximum Gasteiger partial charge on any atom is 0.303 e. The first kappa shape index (κ1) is 31.7. The second-order valence-electron chi connectivity index (χ2n) is 14.0. The van der Waals surface area contributed by atoms with Gasteiger partial charge in [0.25, 0.3) is 0 Å². The van der Waals surface area contributed by atoms with Gasteiger partial charge in [-0.1, -0.05) is 12.1 Å². The minimum absolute atomic E-state index is 0.104. The molecule has 5 rings (SSSR count). The molecule has 3 aromatic rings. The van der Waals surface area contributed by atoms with E-state index < -0.39 is 5.97 Å². The molecule has 2 aromatic heterocycles. The Labute approximate surface area is 261 Å². The third-order valence-corrected chi connectivity index (χ3v) is 9.73. The van der Waals surface area contributed by atoms with Crippen molar-refractivity contribution >= 4 is 17.7 Å². The number of carboxylic acids is 1. The molecule has 8 nitrogen and oxygen atoms in total. The van der Waals surface area contributed by atoms with Gasteiger partial charge in [0.1, 0.15) is 11.6 Å². The molecular formula is C36H48N4O4. The predicted molar refractivity (Wildman–Crippen MR) is 173 cm³/mol. The van der Waals surface area contributed by atoms with Crippen molar-refractivity contribution in [2.75, 3.05) is 18.6 Å². The zero-order chi connectivity index (χ0) is 31.4. The number of aromatic nitrogens is 3. The van der Waals surface area contributed by atoms with Gasteiger partial charge < -0.3 is 9.84 Å². The lowest BCUT2D eigenvalue weighted by molar-refractivity contribution is -0.138. The van der Waals surface area contributed by atoms with Crippen molar-refractivity contribution in [3.8, 4) is 16.9 Å². The highest BCUT2D eigenvalue weighted by Crippen LogP contribution is 2.39. The average Bonchev–Trinajstić information content (AvgIpc) is 3.52. The number of carbonyl (C=O) groups is 2. The molecule has 1 amide bonds. The number of hydrogen-bond donors (Lipinski definition) is 1. The highest BCUT2D eigenvalue weighted by atomic mass is 16.5. The first-order valence-electron chi connectivity index (χ1n) is 16.2. The van der Waals surface area contributed by atoms with Gasteiger partial charge in [-0.15, -0.1) is 0 Å². The van der Waals surface area contributed by atoms with Gasteiger partial charge in [0.2, 0.25) is 5.91 Å². The van der Waals surface area contributed by atoms with E-state index in [2.05, 4.69) is 57.2 Å². The third-order valence-electron chi connectivity index (χ3n) is 9.73. The van der Waals surface area contributed by atoms with Crippen LogP contribution >= 0.6 is 0 Å². The third kappa shape index (κ3) is 7.51. The number of rotatable bonds is 9. The van der Waals surface area contributed by atoms with Crippen LogP contribution in [0.1, 0.15) is 95.6 Å². The van der Waals surface area contributed by atoms with Gasteiger partial charge in [0, 0.05) is 36.8 Å². The Morgan fingerprint density at radius 2 is 1.68 bits per heavy atom. The van der Waals surface area contributed by atoms with E-state index in [0.29, 0.717) is 24.2 Å². The standard InChI is InChI=1S/C36H48N4O4/c1-24-18-29(14-15-32(24)44-5)27-10-8-26(9-11-27)22-39(35(43)28-12-6-25(7-13-28)19-34(41)42)33-20-30(16-17-37-33)31-21-38-40(23-31)36(2,3)4/h14-18,20-21,23,25-28H,6-13,19,22H2,1-5H3,(H,41,42). The SMILES string of the molecule is COc1ccc(C2CCC(CN(C(=O)C3CCC(CC(=O)O)CC3)c3cc(-c4cnn(C(C)(C)C)c4)ccn3)CC2)cc1C. The van der Waals surface area contributed by atoms with Gasteiger partial charge in [-0.2, -0.15) is 5.10 Å². The number of carbonyl (C=O) groups excluding carboxylic acids is 1. The van der Waals surface area contributed by atoms with Crippen molar-refractivity contribution in [2.24, 2.45) is 17.8 Å². The zero-order valence-corrected chi connectivity index (χ0v) is 27.0. The van der Waals surface area contributed by atoms with Crippen LogP contribution < -0.4 is 9.64 Å². The van der Waals surface area contributed by atoms with E-state index in [-0.39, 0.29) is 29.7 Å². The number of carboxylic acid groups (broad SMARTS) is 1. The molecule has 2 aliphatic rings. The van der Waals surface area contributed by atoms with Crippen LogP contribution in [0.25, 0.3) is 11.1 Å². The van der Waals surface area contributed by atoms with Gasteiger partial charge in [-0.05, 0) is 132 Å². The van der Waals surface area contributed by atoms with E-state index in [1.165, 1.54) is 11.1 Å². The molecule has 0 atom stereocenters. The van der Waals surface area contributed by atoms with Gasteiger partial charge in [0.05, 0.1) is 18.8 Å². The minimum Gasteiger partial charge on any atom is -0.496 e. The molecular weight excluding hydrogens is 552 g/mol. The lowest BCUT2D eigenvalue weighted by Crippen LogP contribution is -2.42. The number of methoxy groups -OCH3 is 1. The number of anilines is 1. The molecule has 1 aromatic carbocycles. The number of hydrogen-bond acceptors (Lipinski definition) is 5. The molecule has 236 valence electrons. The van der Waals surface area contributed by atoms with E-state index >= 15 is 0 Å². The van der Waals surface area contributed by atoms with Crippen LogP contribution in [-0.4, -0.2) is 45.4 Å². The predicted octanol–water partition coefficient (Wildman–Crippen LogP) is 7.61. The molecule has 0 spiro atoms. The topological polar surface area (TPSA) is 97.5 Å². The molecule has 2 aliphatic carbocycles. The molecule has 0 unspecified atom stereocenters.